The number of unbranched alkanes of at least 4 members (excludes halogenated alkanes) is 17. The Balaban J connectivity index is 1.90. The van der Waals surface area contributed by atoms with Crippen molar-refractivity contribution in [1.82, 2.24) is 5.32 Å². The number of hydrogen-bond acceptors (Lipinski definition) is 13. The molecule has 2 aliphatic rings. The van der Waals surface area contributed by atoms with Gasteiger partial charge in [-0.2, -0.15) is 0 Å². The number of hydrogen-bond donors (Lipinski definition) is 9. The molecular weight excluding hydrogens is 811 g/mol. The van der Waals surface area contributed by atoms with Crippen molar-refractivity contribution in [3.8, 4) is 0 Å². The van der Waals surface area contributed by atoms with Gasteiger partial charge in [-0.05, 0) is 57.8 Å². The van der Waals surface area contributed by atoms with Crippen molar-refractivity contribution >= 4 is 5.91 Å². The van der Waals surface area contributed by atoms with Crippen molar-refractivity contribution in [2.75, 3.05) is 19.8 Å². The molecular formula is C49H87NO13. The minimum Gasteiger partial charge on any atom is -0.394 e. The summed E-state index contributed by atoms with van der Waals surface area (Å²) in [6.45, 7) is 2.67. The zero-order chi connectivity index (χ0) is 46.1. The Bertz CT molecular complexity index is 1250. The first-order chi connectivity index (χ1) is 30.6. The van der Waals surface area contributed by atoms with E-state index in [-0.39, 0.29) is 18.9 Å². The maximum absolute atomic E-state index is 13.1. The molecule has 2 rings (SSSR count). The van der Waals surface area contributed by atoms with E-state index >= 15 is 0 Å². The highest BCUT2D eigenvalue weighted by atomic mass is 16.7. The smallest absolute Gasteiger partial charge is 0.220 e. The van der Waals surface area contributed by atoms with Gasteiger partial charge >= 0.3 is 0 Å². The van der Waals surface area contributed by atoms with Gasteiger partial charge < -0.3 is 65.1 Å². The molecule has 0 spiro atoms. The molecule has 2 heterocycles. The first kappa shape index (κ1) is 57.1. The Labute approximate surface area is 378 Å². The molecule has 0 radical (unpaired) electrons. The Morgan fingerprint density at radius 1 is 0.571 bits per heavy atom. The van der Waals surface area contributed by atoms with Gasteiger partial charge in [0.05, 0.1) is 32.0 Å². The molecule has 2 saturated heterocycles. The summed E-state index contributed by atoms with van der Waals surface area (Å²) in [6.07, 6.45) is 24.4. The van der Waals surface area contributed by atoms with Crippen molar-refractivity contribution in [1.29, 1.82) is 0 Å². The molecule has 0 bridgehead atoms. The number of nitrogens with one attached hydrogen (secondary N) is 1. The van der Waals surface area contributed by atoms with Crippen molar-refractivity contribution < 1.29 is 64.6 Å². The van der Waals surface area contributed by atoms with E-state index in [1.54, 1.807) is 6.08 Å². The fourth-order valence-electron chi connectivity index (χ4n) is 7.70. The first-order valence-electron chi connectivity index (χ1n) is 24.4. The largest absolute Gasteiger partial charge is 0.394 e. The van der Waals surface area contributed by atoms with Gasteiger partial charge in [-0.15, -0.1) is 0 Å². The van der Waals surface area contributed by atoms with Crippen LogP contribution in [-0.4, -0.2) is 140 Å². The summed E-state index contributed by atoms with van der Waals surface area (Å²) in [7, 11) is 0. The summed E-state index contributed by atoms with van der Waals surface area (Å²) in [5.74, 6) is -0.267. The topological polar surface area (TPSA) is 228 Å². The zero-order valence-electron chi connectivity index (χ0n) is 38.6. The van der Waals surface area contributed by atoms with Crippen molar-refractivity contribution in [3.05, 3.63) is 48.6 Å². The maximum Gasteiger partial charge on any atom is 0.220 e. The number of aliphatic hydroxyl groups is 8. The van der Waals surface area contributed by atoms with E-state index in [4.69, 9.17) is 18.9 Å². The predicted octanol–water partition coefficient (Wildman–Crippen LogP) is 5.71. The van der Waals surface area contributed by atoms with Gasteiger partial charge in [0.2, 0.25) is 5.91 Å². The minimum atomic E-state index is -1.79. The second-order valence-electron chi connectivity index (χ2n) is 17.2. The molecule has 0 aromatic rings. The molecule has 2 aliphatic heterocycles. The van der Waals surface area contributed by atoms with E-state index in [2.05, 4.69) is 55.6 Å². The van der Waals surface area contributed by atoms with Crippen LogP contribution in [-0.2, 0) is 23.7 Å². The molecule has 366 valence electrons. The average molecular weight is 898 g/mol. The number of aliphatic hydroxyl groups excluding tert-OH is 8. The zero-order valence-corrected chi connectivity index (χ0v) is 38.6. The molecule has 2 fully saturated rings. The van der Waals surface area contributed by atoms with Crippen LogP contribution in [0.4, 0.5) is 0 Å². The van der Waals surface area contributed by atoms with Crippen LogP contribution in [0.1, 0.15) is 162 Å². The predicted molar refractivity (Wildman–Crippen MR) is 244 cm³/mol. The highest BCUT2D eigenvalue weighted by Crippen LogP contribution is 2.30. The van der Waals surface area contributed by atoms with Crippen LogP contribution in [0.25, 0.3) is 0 Å². The second kappa shape index (κ2) is 36.1. The van der Waals surface area contributed by atoms with E-state index in [9.17, 15) is 45.6 Å². The molecule has 0 aliphatic carbocycles. The summed E-state index contributed by atoms with van der Waals surface area (Å²) < 4.78 is 22.6. The fourth-order valence-corrected chi connectivity index (χ4v) is 7.70. The van der Waals surface area contributed by atoms with Gasteiger partial charge in [0, 0.05) is 6.42 Å². The molecule has 63 heavy (non-hydrogen) atoms. The molecule has 0 saturated carbocycles. The Kier molecular flexibility index (Phi) is 32.7. The summed E-state index contributed by atoms with van der Waals surface area (Å²) in [5.41, 5.74) is 0. The van der Waals surface area contributed by atoms with E-state index in [0.717, 1.165) is 64.2 Å². The molecule has 0 aromatic heterocycles. The molecule has 14 heteroatoms. The number of amides is 1. The first-order valence-corrected chi connectivity index (χ1v) is 24.4. The van der Waals surface area contributed by atoms with Gasteiger partial charge in [0.15, 0.2) is 12.6 Å². The van der Waals surface area contributed by atoms with Crippen LogP contribution >= 0.6 is 0 Å². The number of allylic oxidation sites excluding steroid dienone is 7. The molecule has 12 atom stereocenters. The van der Waals surface area contributed by atoms with Gasteiger partial charge in [-0.1, -0.05) is 146 Å². The van der Waals surface area contributed by atoms with E-state index in [1.807, 2.05) is 6.08 Å². The normalized spacial score (nSPS) is 27.9. The van der Waals surface area contributed by atoms with Crippen molar-refractivity contribution in [2.24, 2.45) is 0 Å². The van der Waals surface area contributed by atoms with Crippen LogP contribution in [0, 0.1) is 0 Å². The summed E-state index contributed by atoms with van der Waals surface area (Å²) in [5, 5.41) is 86.6. The maximum atomic E-state index is 13.1. The van der Waals surface area contributed by atoms with Crippen LogP contribution in [0.5, 0.6) is 0 Å². The van der Waals surface area contributed by atoms with Crippen molar-refractivity contribution in [2.45, 2.75) is 235 Å². The third-order valence-corrected chi connectivity index (χ3v) is 11.7. The van der Waals surface area contributed by atoms with Gasteiger partial charge in [-0.3, -0.25) is 4.79 Å². The highest BCUT2D eigenvalue weighted by molar-refractivity contribution is 5.76. The summed E-state index contributed by atoms with van der Waals surface area (Å²) in [4.78, 5) is 13.1. The lowest BCUT2D eigenvalue weighted by atomic mass is 9.97. The number of carbonyl (C=O) groups excluding carboxylic acids is 1. The van der Waals surface area contributed by atoms with Crippen LogP contribution < -0.4 is 5.32 Å². The fraction of sp³-hybridized carbons (Fsp3) is 0.816. The van der Waals surface area contributed by atoms with Gasteiger partial charge in [-0.25, -0.2) is 0 Å². The Morgan fingerprint density at radius 3 is 1.71 bits per heavy atom. The van der Waals surface area contributed by atoms with E-state index in [1.165, 1.54) is 64.2 Å². The highest BCUT2D eigenvalue weighted by Gasteiger charge is 2.51. The monoisotopic (exact) mass is 898 g/mol. The second-order valence-corrected chi connectivity index (χ2v) is 17.2. The Hall–Kier alpha value is -2.05. The lowest BCUT2D eigenvalue weighted by Crippen LogP contribution is -2.65. The SMILES string of the molecule is CCC/C=C\C/C=C\CCCCCCCC(=O)NC(COC1OC(CO)C(OC2OC(CO)C(O)C(O)C2O)C(O)C1O)C(O)/C=C/CC/C=C/CCCCCCCCCCCC. The number of ether oxygens (including phenoxy) is 4. The van der Waals surface area contributed by atoms with Crippen LogP contribution in [0.15, 0.2) is 48.6 Å². The molecule has 0 aromatic carbocycles. The third-order valence-electron chi connectivity index (χ3n) is 11.7. The summed E-state index contributed by atoms with van der Waals surface area (Å²) in [6, 6.07) is -0.937. The van der Waals surface area contributed by atoms with Gasteiger partial charge in [0.25, 0.3) is 0 Å². The van der Waals surface area contributed by atoms with E-state index in [0.29, 0.717) is 12.8 Å². The molecule has 9 N–H and O–H groups in total. The standard InChI is InChI=1S/C49H87NO13/c1-3-5-7-9-11-13-15-17-18-19-21-22-24-26-28-30-32-38(53)37(50-41(54)33-31-29-27-25-23-20-16-14-12-10-8-6-4-2)36-60-48-46(59)44(57)47(40(35-52)62-48)63-49-45(58)43(56)42(55)39(34-51)61-49/h8,10,14,16,22,24,30,32,37-40,42-49,51-53,55-59H,3-7,9,11-13,15,17-21,23,25-29,31,33-36H2,1-2H3,(H,50,54)/b10-8-,16-14-,24-22+,32-30+. The molecule has 14 nitrogen and oxygen atoms in total. The quantitative estimate of drug-likeness (QED) is 0.0272. The van der Waals surface area contributed by atoms with Crippen LogP contribution in [0.2, 0.25) is 0 Å². The van der Waals surface area contributed by atoms with Crippen LogP contribution in [0.3, 0.4) is 0 Å². The summed E-state index contributed by atoms with van der Waals surface area (Å²) >= 11 is 0. The van der Waals surface area contributed by atoms with Crippen molar-refractivity contribution in [3.63, 3.8) is 0 Å². The molecule has 12 unspecified atom stereocenters. The third kappa shape index (κ3) is 23.8. The minimum absolute atomic E-state index is 0.256. The van der Waals surface area contributed by atoms with E-state index < -0.39 is 86.8 Å². The number of carbonyl (C=O) groups is 1. The lowest BCUT2D eigenvalue weighted by Gasteiger charge is -2.46. The molecule has 1 amide bonds. The lowest BCUT2D eigenvalue weighted by molar-refractivity contribution is -0.359. The number of rotatable bonds is 36. The Morgan fingerprint density at radius 2 is 1.10 bits per heavy atom. The average Bonchev–Trinajstić information content (AvgIpc) is 3.28. The van der Waals surface area contributed by atoms with Gasteiger partial charge in [0.1, 0.15) is 48.8 Å².